The molecule has 2 N–H and O–H groups in total. The molecule has 0 aliphatic carbocycles. The van der Waals surface area contributed by atoms with Crippen molar-refractivity contribution < 1.29 is 22.6 Å². The fourth-order valence-corrected chi connectivity index (χ4v) is 4.82. The van der Waals surface area contributed by atoms with Crippen molar-refractivity contribution in [2.75, 3.05) is 47.0 Å². The SMILES string of the molecule is C/C=C\C(NC)C(=C\NCC1=CC(Cl)=C(OCC(F)(F)F)N(C)C1)/C(=C(\C)CC)C1CCOCC1. The summed E-state index contributed by atoms with van der Waals surface area (Å²) in [5.74, 6) is 0.471. The van der Waals surface area contributed by atoms with Gasteiger partial charge in [-0.2, -0.15) is 13.2 Å². The van der Waals surface area contributed by atoms with Crippen LogP contribution in [0, 0.1) is 5.92 Å². The largest absolute Gasteiger partial charge is 0.468 e. The Hall–Kier alpha value is -1.90. The van der Waals surface area contributed by atoms with Gasteiger partial charge >= 0.3 is 6.18 Å². The normalized spacial score (nSPS) is 20.2. The topological polar surface area (TPSA) is 45.8 Å². The molecule has 5 nitrogen and oxygen atoms in total. The van der Waals surface area contributed by atoms with Crippen LogP contribution in [-0.4, -0.2) is 64.1 Å². The van der Waals surface area contributed by atoms with Crippen LogP contribution in [-0.2, 0) is 9.47 Å². The third-order valence-electron chi connectivity index (χ3n) is 6.24. The third kappa shape index (κ3) is 8.92. The Labute approximate surface area is 212 Å². The molecule has 0 spiro atoms. The monoisotopic (exact) mass is 517 g/mol. The number of hydrogen-bond donors (Lipinski definition) is 2. The van der Waals surface area contributed by atoms with Gasteiger partial charge in [0, 0.05) is 39.6 Å². The first-order valence-corrected chi connectivity index (χ1v) is 12.5. The van der Waals surface area contributed by atoms with Gasteiger partial charge in [0.2, 0.25) is 5.88 Å². The summed E-state index contributed by atoms with van der Waals surface area (Å²) < 4.78 is 48.2. The summed E-state index contributed by atoms with van der Waals surface area (Å²) in [6.45, 7) is 7.48. The van der Waals surface area contributed by atoms with E-state index < -0.39 is 12.8 Å². The second kappa shape index (κ2) is 14.0. The van der Waals surface area contributed by atoms with Crippen LogP contribution in [0.25, 0.3) is 0 Å². The second-order valence-corrected chi connectivity index (χ2v) is 9.33. The van der Waals surface area contributed by atoms with E-state index in [9.17, 15) is 13.2 Å². The molecule has 1 fully saturated rings. The van der Waals surface area contributed by atoms with E-state index in [2.05, 4.69) is 36.8 Å². The minimum absolute atomic E-state index is 0.0376. The summed E-state index contributed by atoms with van der Waals surface area (Å²) in [6.07, 6.45) is 6.48. The number of nitrogens with zero attached hydrogens (tertiary/aromatic N) is 1. The zero-order valence-electron chi connectivity index (χ0n) is 21.4. The highest BCUT2D eigenvalue weighted by Crippen LogP contribution is 2.34. The number of ether oxygens (including phenoxy) is 2. The molecule has 35 heavy (non-hydrogen) atoms. The molecule has 2 aliphatic heterocycles. The van der Waals surface area contributed by atoms with E-state index in [4.69, 9.17) is 21.1 Å². The Kier molecular flexibility index (Phi) is 11.7. The van der Waals surface area contributed by atoms with Gasteiger partial charge in [-0.15, -0.1) is 0 Å². The van der Waals surface area contributed by atoms with Crippen molar-refractivity contribution in [1.29, 1.82) is 0 Å². The molecular formula is C26H39ClF3N3O2. The number of allylic oxidation sites excluding steroid dienone is 4. The highest BCUT2D eigenvalue weighted by atomic mass is 35.5. The van der Waals surface area contributed by atoms with Crippen LogP contribution in [0.5, 0.6) is 0 Å². The Morgan fingerprint density at radius 3 is 2.57 bits per heavy atom. The predicted octanol–water partition coefficient (Wildman–Crippen LogP) is 5.64. The fraction of sp³-hybridized carbons (Fsp3) is 0.615. The number of rotatable bonds is 11. The highest BCUT2D eigenvalue weighted by Gasteiger charge is 2.31. The zero-order chi connectivity index (χ0) is 26.0. The first-order chi connectivity index (χ1) is 16.6. The van der Waals surface area contributed by atoms with Crippen molar-refractivity contribution in [1.82, 2.24) is 15.5 Å². The van der Waals surface area contributed by atoms with Gasteiger partial charge in [-0.3, -0.25) is 0 Å². The van der Waals surface area contributed by atoms with Gasteiger partial charge in [-0.1, -0.05) is 36.2 Å². The van der Waals surface area contributed by atoms with E-state index >= 15 is 0 Å². The molecule has 2 aliphatic rings. The molecule has 1 atom stereocenters. The minimum atomic E-state index is -4.42. The first kappa shape index (κ1) is 29.3. The second-order valence-electron chi connectivity index (χ2n) is 8.92. The quantitative estimate of drug-likeness (QED) is 0.274. The van der Waals surface area contributed by atoms with E-state index in [1.807, 2.05) is 20.0 Å². The molecule has 0 aromatic heterocycles. The van der Waals surface area contributed by atoms with Crippen molar-refractivity contribution in [3.8, 4) is 0 Å². The van der Waals surface area contributed by atoms with Crippen LogP contribution in [0.3, 0.4) is 0 Å². The van der Waals surface area contributed by atoms with E-state index in [1.165, 1.54) is 16.7 Å². The van der Waals surface area contributed by atoms with Gasteiger partial charge in [0.1, 0.15) is 5.03 Å². The summed E-state index contributed by atoms with van der Waals surface area (Å²) in [7, 11) is 3.62. The van der Waals surface area contributed by atoms with Gasteiger partial charge in [0.15, 0.2) is 6.61 Å². The Balaban J connectivity index is 2.28. The van der Waals surface area contributed by atoms with Gasteiger partial charge in [0.05, 0.1) is 6.04 Å². The van der Waals surface area contributed by atoms with Crippen LogP contribution in [0.15, 0.2) is 57.6 Å². The number of hydrogen-bond acceptors (Lipinski definition) is 5. The van der Waals surface area contributed by atoms with Gasteiger partial charge in [-0.25, -0.2) is 0 Å². The lowest BCUT2D eigenvalue weighted by Crippen LogP contribution is -2.33. The first-order valence-electron chi connectivity index (χ1n) is 12.1. The smallest absolute Gasteiger partial charge is 0.422 e. The Bertz CT molecular complexity index is 856. The molecule has 9 heteroatoms. The maximum absolute atomic E-state index is 12.6. The lowest BCUT2D eigenvalue weighted by Gasteiger charge is -2.31. The van der Waals surface area contributed by atoms with Crippen LogP contribution in [0.4, 0.5) is 13.2 Å². The lowest BCUT2D eigenvalue weighted by atomic mass is 9.80. The number of halogens is 4. The molecule has 0 aromatic rings. The summed E-state index contributed by atoms with van der Waals surface area (Å²) in [4.78, 5) is 1.60. The molecular weight excluding hydrogens is 479 g/mol. The number of likely N-dealkylation sites (N-methyl/N-ethyl adjacent to an activating group) is 2. The lowest BCUT2D eigenvalue weighted by molar-refractivity contribution is -0.169. The zero-order valence-corrected chi connectivity index (χ0v) is 22.2. The fourth-order valence-electron chi connectivity index (χ4n) is 4.46. The Morgan fingerprint density at radius 2 is 2.03 bits per heavy atom. The molecule has 0 aromatic carbocycles. The van der Waals surface area contributed by atoms with Crippen LogP contribution in [0.1, 0.15) is 40.0 Å². The van der Waals surface area contributed by atoms with Crippen molar-refractivity contribution >= 4 is 11.6 Å². The summed E-state index contributed by atoms with van der Waals surface area (Å²) >= 11 is 6.26. The van der Waals surface area contributed by atoms with Crippen LogP contribution in [0.2, 0.25) is 0 Å². The van der Waals surface area contributed by atoms with Crippen molar-refractivity contribution in [3.63, 3.8) is 0 Å². The molecule has 198 valence electrons. The summed E-state index contributed by atoms with van der Waals surface area (Å²) in [5.41, 5.74) is 4.88. The number of alkyl halides is 3. The van der Waals surface area contributed by atoms with Crippen LogP contribution >= 0.6 is 11.6 Å². The van der Waals surface area contributed by atoms with E-state index in [0.29, 0.717) is 19.0 Å². The maximum Gasteiger partial charge on any atom is 0.422 e. The van der Waals surface area contributed by atoms with E-state index in [1.54, 1.807) is 18.0 Å². The molecule has 0 radical (unpaired) electrons. The predicted molar refractivity (Wildman–Crippen MR) is 136 cm³/mol. The van der Waals surface area contributed by atoms with Gasteiger partial charge in [0.25, 0.3) is 0 Å². The molecule has 1 saturated heterocycles. The molecule has 2 rings (SSSR count). The standard InChI is InChI=1S/C26H39ClF3N3O2/c1-6-8-23(31-4)21(24(18(3)7-2)20-9-11-34-12-10-20)15-32-14-19-13-22(27)25(33(5)16-19)35-17-26(28,29)30/h6,8,13,15,20,23,31-32H,7,9-12,14,16-17H2,1-5H3/b8-6-,21-15+,24-18+. The van der Waals surface area contributed by atoms with Crippen LogP contribution < -0.4 is 10.6 Å². The van der Waals surface area contributed by atoms with E-state index in [-0.39, 0.29) is 17.0 Å². The van der Waals surface area contributed by atoms with Crippen molar-refractivity contribution in [2.45, 2.75) is 52.3 Å². The maximum atomic E-state index is 12.6. The summed E-state index contributed by atoms with van der Waals surface area (Å²) in [5, 5.41) is 7.02. The average molecular weight is 518 g/mol. The van der Waals surface area contributed by atoms with Gasteiger partial charge < -0.3 is 25.0 Å². The molecule has 2 heterocycles. The average Bonchev–Trinajstić information content (AvgIpc) is 2.81. The molecule has 0 bridgehead atoms. The van der Waals surface area contributed by atoms with E-state index in [0.717, 1.165) is 38.0 Å². The summed E-state index contributed by atoms with van der Waals surface area (Å²) in [6, 6.07) is 0.0423. The number of nitrogens with one attached hydrogen (secondary N) is 2. The third-order valence-corrected chi connectivity index (χ3v) is 6.51. The molecule has 0 saturated carbocycles. The minimum Gasteiger partial charge on any atom is -0.468 e. The van der Waals surface area contributed by atoms with Gasteiger partial charge in [-0.05, 0) is 68.9 Å². The highest BCUT2D eigenvalue weighted by molar-refractivity contribution is 6.31. The van der Waals surface area contributed by atoms with Crippen molar-refractivity contribution in [3.05, 3.63) is 57.6 Å². The Morgan fingerprint density at radius 1 is 1.34 bits per heavy atom. The van der Waals surface area contributed by atoms with Crippen molar-refractivity contribution in [2.24, 2.45) is 5.92 Å². The molecule has 0 amide bonds. The molecule has 1 unspecified atom stereocenters.